The van der Waals surface area contributed by atoms with Crippen molar-refractivity contribution in [1.29, 1.82) is 0 Å². The maximum atomic E-state index is 13.4. The Hall–Kier alpha value is -5.15. The molecule has 0 spiro atoms. The fourth-order valence-electron chi connectivity index (χ4n) is 7.39. The smallest absolute Gasteiger partial charge is 0.410 e. The summed E-state index contributed by atoms with van der Waals surface area (Å²) in [7, 11) is 1.66. The van der Waals surface area contributed by atoms with Gasteiger partial charge in [0.15, 0.2) is 0 Å². The van der Waals surface area contributed by atoms with E-state index in [0.29, 0.717) is 26.4 Å². The molecule has 1 saturated heterocycles. The first kappa shape index (κ1) is 39.5. The molecule has 0 aromatic heterocycles. The molecule has 0 saturated carbocycles. The van der Waals surface area contributed by atoms with Crippen LogP contribution in [-0.4, -0.2) is 67.8 Å². The Morgan fingerprint density at radius 1 is 0.727 bits per heavy atom. The quantitative estimate of drug-likeness (QED) is 0.0847. The van der Waals surface area contributed by atoms with Crippen LogP contribution in [0, 0.1) is 5.92 Å². The number of rotatable bonds is 15. The second kappa shape index (κ2) is 18.5. The number of aliphatic hydroxyl groups is 1. The zero-order valence-electron chi connectivity index (χ0n) is 32.3. The lowest BCUT2D eigenvalue weighted by Crippen LogP contribution is -2.53. The van der Waals surface area contributed by atoms with Crippen molar-refractivity contribution in [2.24, 2.45) is 5.92 Å². The number of carbonyl (C=O) groups excluding carboxylic acids is 1. The first-order valence-electron chi connectivity index (χ1n) is 19.1. The fourth-order valence-corrected chi connectivity index (χ4v) is 7.39. The molecule has 5 aromatic rings. The Kier molecular flexibility index (Phi) is 13.3. The molecule has 1 aliphatic heterocycles. The molecule has 3 atom stereocenters. The molecule has 8 heteroatoms. The van der Waals surface area contributed by atoms with E-state index in [-0.39, 0.29) is 25.0 Å². The van der Waals surface area contributed by atoms with Gasteiger partial charge in [-0.1, -0.05) is 121 Å². The highest BCUT2D eigenvalue weighted by atomic mass is 16.6. The van der Waals surface area contributed by atoms with Gasteiger partial charge in [-0.2, -0.15) is 0 Å². The van der Waals surface area contributed by atoms with Crippen LogP contribution in [0.5, 0.6) is 11.5 Å². The Morgan fingerprint density at radius 3 is 1.85 bits per heavy atom. The number of hydrogen-bond donors (Lipinski definition) is 1. The van der Waals surface area contributed by atoms with Crippen LogP contribution in [0.1, 0.15) is 60.9 Å². The molecule has 1 aliphatic rings. The van der Waals surface area contributed by atoms with Crippen LogP contribution in [0.15, 0.2) is 140 Å². The largest absolute Gasteiger partial charge is 0.496 e. The predicted molar refractivity (Wildman–Crippen MR) is 214 cm³/mol. The minimum absolute atomic E-state index is 0.143. The summed E-state index contributed by atoms with van der Waals surface area (Å²) in [6.07, 6.45) is -0.586. The van der Waals surface area contributed by atoms with E-state index in [1.165, 1.54) is 0 Å². The molecule has 0 unspecified atom stereocenters. The van der Waals surface area contributed by atoms with Crippen LogP contribution < -0.4 is 9.47 Å². The second-order valence-corrected chi connectivity index (χ2v) is 15.0. The number of piperidine rings is 1. The molecule has 288 valence electrons. The van der Waals surface area contributed by atoms with Gasteiger partial charge in [-0.3, -0.25) is 0 Å². The standard InChI is InChI=1S/C47H53NO7/c1-46(2,3)55-45(50)48-31-37(34-54-47(38-18-8-5-9-19-38,39-20-10-6-11-21-39)40-22-12-7-13-23-40)44(42(49)32-48)35-25-27-41(28-26-35)53-30-16-29-52-33-36-17-14-15-24-43(36)51-4/h5-15,17-28,37,42,44,49H,16,29-34H2,1-4H3/t37-,42+,44+/m0/s1. The first-order valence-corrected chi connectivity index (χ1v) is 19.1. The zero-order valence-corrected chi connectivity index (χ0v) is 32.3. The zero-order chi connectivity index (χ0) is 38.7. The number of para-hydroxylation sites is 1. The number of nitrogens with zero attached hydrogens (tertiary/aromatic N) is 1. The van der Waals surface area contributed by atoms with Crippen molar-refractivity contribution in [2.75, 3.05) is 40.0 Å². The van der Waals surface area contributed by atoms with E-state index >= 15 is 0 Å². The molecule has 0 radical (unpaired) electrons. The van der Waals surface area contributed by atoms with Crippen LogP contribution in [0.3, 0.4) is 0 Å². The monoisotopic (exact) mass is 743 g/mol. The average molecular weight is 744 g/mol. The third-order valence-electron chi connectivity index (χ3n) is 9.91. The predicted octanol–water partition coefficient (Wildman–Crippen LogP) is 9.00. The molecule has 8 nitrogen and oxygen atoms in total. The van der Waals surface area contributed by atoms with E-state index < -0.39 is 23.4 Å². The van der Waals surface area contributed by atoms with E-state index in [1.807, 2.05) is 124 Å². The minimum atomic E-state index is -0.956. The lowest BCUT2D eigenvalue weighted by atomic mass is 9.77. The normalized spacial score (nSPS) is 17.4. The summed E-state index contributed by atoms with van der Waals surface area (Å²) in [6.45, 7) is 7.80. The molecule has 6 rings (SSSR count). The third-order valence-corrected chi connectivity index (χ3v) is 9.91. The van der Waals surface area contributed by atoms with Crippen LogP contribution in [0.2, 0.25) is 0 Å². The van der Waals surface area contributed by atoms with E-state index in [0.717, 1.165) is 45.7 Å². The molecule has 1 fully saturated rings. The summed E-state index contributed by atoms with van der Waals surface area (Å²) < 4.78 is 30.4. The van der Waals surface area contributed by atoms with Crippen molar-refractivity contribution in [2.45, 2.75) is 57.0 Å². The molecule has 1 N–H and O–H groups in total. The van der Waals surface area contributed by atoms with Crippen molar-refractivity contribution in [3.63, 3.8) is 0 Å². The molecular formula is C47H53NO7. The van der Waals surface area contributed by atoms with Gasteiger partial charge in [0.25, 0.3) is 0 Å². The van der Waals surface area contributed by atoms with Gasteiger partial charge in [0, 0.05) is 30.4 Å². The van der Waals surface area contributed by atoms with Gasteiger partial charge in [0.2, 0.25) is 0 Å². The van der Waals surface area contributed by atoms with Crippen LogP contribution >= 0.6 is 0 Å². The number of amides is 1. The number of methoxy groups -OCH3 is 1. The summed E-state index contributed by atoms with van der Waals surface area (Å²) in [6, 6.07) is 46.4. The number of hydrogen-bond acceptors (Lipinski definition) is 7. The number of benzene rings is 5. The number of ether oxygens (including phenoxy) is 5. The summed E-state index contributed by atoms with van der Waals surface area (Å²) in [5.74, 6) is 0.949. The number of β-amino-alcohol motifs (C(OH)–C–C–N with tert-alkyl or cyclic N) is 1. The van der Waals surface area contributed by atoms with Crippen molar-refractivity contribution >= 4 is 6.09 Å². The highest BCUT2D eigenvalue weighted by Crippen LogP contribution is 2.43. The lowest BCUT2D eigenvalue weighted by molar-refractivity contribution is -0.0596. The van der Waals surface area contributed by atoms with E-state index in [4.69, 9.17) is 23.7 Å². The molecular weight excluding hydrogens is 691 g/mol. The van der Waals surface area contributed by atoms with Gasteiger partial charge in [-0.25, -0.2) is 4.79 Å². The van der Waals surface area contributed by atoms with E-state index in [9.17, 15) is 9.90 Å². The average Bonchev–Trinajstić information content (AvgIpc) is 3.20. The van der Waals surface area contributed by atoms with Gasteiger partial charge in [0.05, 0.1) is 46.2 Å². The molecule has 0 bridgehead atoms. The molecule has 1 amide bonds. The molecule has 5 aromatic carbocycles. The summed E-state index contributed by atoms with van der Waals surface area (Å²) in [5.41, 5.74) is 3.27. The summed E-state index contributed by atoms with van der Waals surface area (Å²) in [5, 5.41) is 11.8. The van der Waals surface area contributed by atoms with Gasteiger partial charge in [0.1, 0.15) is 22.7 Å². The van der Waals surface area contributed by atoms with Gasteiger partial charge >= 0.3 is 6.09 Å². The summed E-state index contributed by atoms with van der Waals surface area (Å²) >= 11 is 0. The van der Waals surface area contributed by atoms with Crippen molar-refractivity contribution in [1.82, 2.24) is 4.90 Å². The maximum absolute atomic E-state index is 13.4. The fraction of sp³-hybridized carbons (Fsp3) is 0.340. The molecule has 55 heavy (non-hydrogen) atoms. The number of carbonyl (C=O) groups is 1. The Balaban J connectivity index is 1.22. The molecule has 0 aliphatic carbocycles. The van der Waals surface area contributed by atoms with Gasteiger partial charge < -0.3 is 33.7 Å². The Labute approximate surface area is 325 Å². The number of aliphatic hydroxyl groups excluding tert-OH is 1. The summed E-state index contributed by atoms with van der Waals surface area (Å²) in [4.78, 5) is 15.1. The van der Waals surface area contributed by atoms with Crippen molar-refractivity contribution < 1.29 is 33.6 Å². The van der Waals surface area contributed by atoms with Crippen LogP contribution in [0.4, 0.5) is 4.79 Å². The molecule has 1 heterocycles. The van der Waals surface area contributed by atoms with Crippen LogP contribution in [-0.2, 0) is 26.4 Å². The third kappa shape index (κ3) is 9.94. The van der Waals surface area contributed by atoms with E-state index in [2.05, 4.69) is 36.4 Å². The van der Waals surface area contributed by atoms with Crippen molar-refractivity contribution in [3.05, 3.63) is 167 Å². The van der Waals surface area contributed by atoms with E-state index in [1.54, 1.807) is 12.0 Å². The van der Waals surface area contributed by atoms with Gasteiger partial charge in [-0.15, -0.1) is 0 Å². The maximum Gasteiger partial charge on any atom is 0.410 e. The SMILES string of the molecule is COc1ccccc1COCCCOc1ccc([C@@H]2[C@H](COC(c3ccccc3)(c3ccccc3)c3ccccc3)CN(C(=O)OC(C)(C)C)C[C@H]2O)cc1. The lowest BCUT2D eigenvalue weighted by Gasteiger charge is -2.44. The second-order valence-electron chi connectivity index (χ2n) is 15.0. The topological polar surface area (TPSA) is 86.7 Å². The first-order chi connectivity index (χ1) is 26.7. The Morgan fingerprint density at radius 2 is 1.29 bits per heavy atom. The van der Waals surface area contributed by atoms with Gasteiger partial charge in [-0.05, 0) is 61.2 Å². The minimum Gasteiger partial charge on any atom is -0.496 e. The Bertz CT molecular complexity index is 1820. The van der Waals surface area contributed by atoms with Crippen molar-refractivity contribution in [3.8, 4) is 11.5 Å². The number of likely N-dealkylation sites (tertiary alicyclic amines) is 1. The highest BCUT2D eigenvalue weighted by molar-refractivity contribution is 5.68. The van der Waals surface area contributed by atoms with Crippen LogP contribution in [0.25, 0.3) is 0 Å². The highest BCUT2D eigenvalue weighted by Gasteiger charge is 2.43.